The molecule has 7 heteroatoms. The normalized spacial score (nSPS) is 25.8. The number of primary amides is 1. The molecule has 1 aromatic carbocycles. The number of likely N-dealkylation sites (tertiary alicyclic amines) is 1. The van der Waals surface area contributed by atoms with Crippen molar-refractivity contribution >= 4 is 36.0 Å². The standard InChI is InChI=1S/C20H26N4O2S/c1-23-11-13(17(6-3-7-25)24(27)20(21)26)8-15-14-4-2-5-16-19(14)12(10-22-16)9-18(15)23/h2,4-5,7,10,13,15,17-18,22,27H,3,6,8-9,11H2,1H3,(H2,21,26)/t13?,15-,17?,18-/m1/s1. The summed E-state index contributed by atoms with van der Waals surface area (Å²) in [5, 5.41) is 1.36. The number of aromatic nitrogens is 1. The van der Waals surface area contributed by atoms with Crippen molar-refractivity contribution < 1.29 is 9.59 Å². The summed E-state index contributed by atoms with van der Waals surface area (Å²) in [6, 6.07) is 6.22. The number of H-pyrrole nitrogens is 1. The van der Waals surface area contributed by atoms with Crippen LogP contribution in [0, 0.1) is 5.92 Å². The lowest BCUT2D eigenvalue weighted by Crippen LogP contribution is -2.53. The van der Waals surface area contributed by atoms with Crippen molar-refractivity contribution in [3.63, 3.8) is 0 Å². The van der Waals surface area contributed by atoms with Gasteiger partial charge in [0.25, 0.3) is 0 Å². The Hall–Kier alpha value is -1.99. The summed E-state index contributed by atoms with van der Waals surface area (Å²) in [5.74, 6) is 0.617. The van der Waals surface area contributed by atoms with Gasteiger partial charge in [0, 0.05) is 48.1 Å². The highest BCUT2D eigenvalue weighted by Crippen LogP contribution is 2.45. The zero-order chi connectivity index (χ0) is 19.1. The summed E-state index contributed by atoms with van der Waals surface area (Å²) in [6.07, 6.45) is 6.03. The Morgan fingerprint density at radius 3 is 3.07 bits per heavy atom. The van der Waals surface area contributed by atoms with E-state index in [0.29, 0.717) is 24.8 Å². The van der Waals surface area contributed by atoms with E-state index < -0.39 is 6.03 Å². The van der Waals surface area contributed by atoms with Crippen molar-refractivity contribution in [2.24, 2.45) is 11.7 Å². The summed E-state index contributed by atoms with van der Waals surface area (Å²) < 4.78 is 1.33. The molecule has 1 saturated heterocycles. The van der Waals surface area contributed by atoms with E-state index in [1.165, 1.54) is 26.3 Å². The van der Waals surface area contributed by atoms with Gasteiger partial charge in [-0.25, -0.2) is 4.79 Å². The highest BCUT2D eigenvalue weighted by atomic mass is 32.1. The van der Waals surface area contributed by atoms with E-state index in [2.05, 4.69) is 54.1 Å². The summed E-state index contributed by atoms with van der Waals surface area (Å²) in [6.45, 7) is 0.866. The number of thiol groups is 1. The van der Waals surface area contributed by atoms with Crippen LogP contribution in [0.3, 0.4) is 0 Å². The number of rotatable bonds is 5. The third-order valence-corrected chi connectivity index (χ3v) is 6.92. The third-order valence-electron chi connectivity index (χ3n) is 6.42. The Bertz CT molecular complexity index is 867. The SMILES string of the molecule is CN1CC(C(CCC=O)N(S)C(N)=O)C[C@@H]2c3cccc4[nH]cc(c34)C[C@H]21. The van der Waals surface area contributed by atoms with Crippen molar-refractivity contribution in [3.8, 4) is 0 Å². The van der Waals surface area contributed by atoms with Gasteiger partial charge in [0.05, 0.1) is 0 Å². The molecule has 27 heavy (non-hydrogen) atoms. The number of urea groups is 1. The zero-order valence-electron chi connectivity index (χ0n) is 15.5. The maximum absolute atomic E-state index is 11.8. The number of likely N-dealkylation sites (N-methyl/N-ethyl adjacent to an activating group) is 1. The van der Waals surface area contributed by atoms with Crippen LogP contribution in [0.2, 0.25) is 0 Å². The molecule has 1 aromatic heterocycles. The van der Waals surface area contributed by atoms with Gasteiger partial charge in [0.15, 0.2) is 0 Å². The summed E-state index contributed by atoms with van der Waals surface area (Å²) in [7, 11) is 2.16. The third kappa shape index (κ3) is 3.12. The molecule has 1 aliphatic carbocycles. The van der Waals surface area contributed by atoms with Crippen LogP contribution in [-0.4, -0.2) is 52.2 Å². The Balaban J connectivity index is 1.68. The topological polar surface area (TPSA) is 82.4 Å². The van der Waals surface area contributed by atoms with Crippen LogP contribution >= 0.6 is 12.8 Å². The number of benzene rings is 1. The number of carbonyl (C=O) groups excluding carboxylic acids is 2. The molecule has 0 spiro atoms. The number of amides is 2. The quantitative estimate of drug-likeness (QED) is 0.546. The monoisotopic (exact) mass is 386 g/mol. The first-order chi connectivity index (χ1) is 13.0. The molecule has 2 aliphatic rings. The predicted molar refractivity (Wildman–Crippen MR) is 109 cm³/mol. The Morgan fingerprint density at radius 2 is 2.33 bits per heavy atom. The molecule has 4 rings (SSSR count). The van der Waals surface area contributed by atoms with Crippen LogP contribution < -0.4 is 5.73 Å². The molecule has 144 valence electrons. The first-order valence-corrected chi connectivity index (χ1v) is 9.91. The number of aldehydes is 1. The van der Waals surface area contributed by atoms with Crippen LogP contribution in [-0.2, 0) is 11.2 Å². The van der Waals surface area contributed by atoms with Gasteiger partial charge < -0.3 is 20.4 Å². The molecule has 6 nitrogen and oxygen atoms in total. The average Bonchev–Trinajstić information content (AvgIpc) is 3.07. The van der Waals surface area contributed by atoms with Crippen LogP contribution in [0.4, 0.5) is 4.79 Å². The number of nitrogens with zero attached hydrogens (tertiary/aromatic N) is 2. The fourth-order valence-corrected chi connectivity index (χ4v) is 5.53. The van der Waals surface area contributed by atoms with E-state index in [0.717, 1.165) is 25.7 Å². The number of nitrogens with two attached hydrogens (primary N) is 1. The van der Waals surface area contributed by atoms with Crippen molar-refractivity contribution in [2.75, 3.05) is 13.6 Å². The van der Waals surface area contributed by atoms with E-state index >= 15 is 0 Å². The number of hydrogen-bond donors (Lipinski definition) is 3. The predicted octanol–water partition coefficient (Wildman–Crippen LogP) is 2.70. The van der Waals surface area contributed by atoms with Gasteiger partial charge in [0.2, 0.25) is 0 Å². The van der Waals surface area contributed by atoms with Crippen molar-refractivity contribution in [2.45, 2.75) is 43.7 Å². The molecule has 0 saturated carbocycles. The second-order valence-corrected chi connectivity index (χ2v) is 8.32. The van der Waals surface area contributed by atoms with Gasteiger partial charge in [-0.15, -0.1) is 0 Å². The lowest BCUT2D eigenvalue weighted by atomic mass is 9.70. The largest absolute Gasteiger partial charge is 0.361 e. The molecule has 3 N–H and O–H groups in total. The van der Waals surface area contributed by atoms with E-state index in [1.54, 1.807) is 0 Å². The Morgan fingerprint density at radius 1 is 1.52 bits per heavy atom. The van der Waals surface area contributed by atoms with Crippen molar-refractivity contribution in [3.05, 3.63) is 35.5 Å². The number of piperidine rings is 1. The maximum Gasteiger partial charge on any atom is 0.324 e. The molecular weight excluding hydrogens is 360 g/mol. The first-order valence-electron chi connectivity index (χ1n) is 9.51. The molecule has 2 amide bonds. The molecule has 1 fully saturated rings. The zero-order valence-corrected chi connectivity index (χ0v) is 16.4. The van der Waals surface area contributed by atoms with Gasteiger partial charge in [-0.3, -0.25) is 4.31 Å². The van der Waals surface area contributed by atoms with Gasteiger partial charge >= 0.3 is 6.03 Å². The van der Waals surface area contributed by atoms with E-state index in [4.69, 9.17) is 5.73 Å². The van der Waals surface area contributed by atoms with Gasteiger partial charge in [0.1, 0.15) is 6.29 Å². The first kappa shape index (κ1) is 18.4. The van der Waals surface area contributed by atoms with Crippen molar-refractivity contribution in [1.82, 2.24) is 14.2 Å². The summed E-state index contributed by atoms with van der Waals surface area (Å²) in [5.41, 5.74) is 9.46. The molecule has 0 radical (unpaired) electrons. The second-order valence-electron chi connectivity index (χ2n) is 7.89. The number of fused-ring (bicyclic) bond motifs is 2. The van der Waals surface area contributed by atoms with Crippen LogP contribution in [0.1, 0.15) is 36.3 Å². The molecular formula is C20H26N4O2S. The smallest absolute Gasteiger partial charge is 0.324 e. The van der Waals surface area contributed by atoms with Crippen LogP contribution in [0.15, 0.2) is 24.4 Å². The number of carbonyl (C=O) groups is 2. The van der Waals surface area contributed by atoms with Gasteiger partial charge in [-0.05, 0) is 49.4 Å². The van der Waals surface area contributed by atoms with Crippen LogP contribution in [0.5, 0.6) is 0 Å². The molecule has 2 heterocycles. The minimum Gasteiger partial charge on any atom is -0.361 e. The molecule has 0 bridgehead atoms. The lowest BCUT2D eigenvalue weighted by molar-refractivity contribution is -0.108. The molecule has 2 unspecified atom stereocenters. The Kier molecular flexibility index (Phi) is 4.90. The van der Waals surface area contributed by atoms with Gasteiger partial charge in [-0.2, -0.15) is 0 Å². The highest BCUT2D eigenvalue weighted by Gasteiger charge is 2.42. The fraction of sp³-hybridized carbons (Fsp3) is 0.500. The minimum atomic E-state index is -0.558. The number of hydrogen-bond acceptors (Lipinski definition) is 4. The van der Waals surface area contributed by atoms with Gasteiger partial charge in [-0.1, -0.05) is 24.9 Å². The number of nitrogens with one attached hydrogen (secondary N) is 1. The summed E-state index contributed by atoms with van der Waals surface area (Å²) >= 11 is 4.35. The average molecular weight is 387 g/mol. The van der Waals surface area contributed by atoms with Crippen molar-refractivity contribution in [1.29, 1.82) is 0 Å². The second kappa shape index (κ2) is 7.20. The highest BCUT2D eigenvalue weighted by molar-refractivity contribution is 7.78. The summed E-state index contributed by atoms with van der Waals surface area (Å²) in [4.78, 5) is 28.5. The molecule has 4 atom stereocenters. The van der Waals surface area contributed by atoms with E-state index in [1.807, 2.05) is 0 Å². The molecule has 2 aromatic rings. The van der Waals surface area contributed by atoms with E-state index in [9.17, 15) is 9.59 Å². The number of aromatic amines is 1. The van der Waals surface area contributed by atoms with E-state index in [-0.39, 0.29) is 12.0 Å². The lowest BCUT2D eigenvalue weighted by Gasteiger charge is -2.48. The Labute approximate surface area is 164 Å². The maximum atomic E-state index is 11.8. The molecule has 1 aliphatic heterocycles. The minimum absolute atomic E-state index is 0.147. The van der Waals surface area contributed by atoms with Crippen LogP contribution in [0.25, 0.3) is 10.9 Å². The fourth-order valence-electron chi connectivity index (χ4n) is 5.22.